The van der Waals surface area contributed by atoms with Crippen molar-refractivity contribution in [2.24, 2.45) is 0 Å². The zero-order chi connectivity index (χ0) is 17.9. The number of rotatable bonds is 6. The second kappa shape index (κ2) is 7.17. The van der Waals surface area contributed by atoms with Gasteiger partial charge < -0.3 is 9.52 Å². The van der Waals surface area contributed by atoms with E-state index in [0.717, 1.165) is 61.2 Å². The molecule has 2 N–H and O–H groups in total. The molecule has 0 saturated heterocycles. The van der Waals surface area contributed by atoms with E-state index in [1.54, 1.807) is 6.20 Å². The molecule has 3 aromatic rings. The van der Waals surface area contributed by atoms with E-state index in [1.165, 1.54) is 0 Å². The number of carbonyl (C=O) groups is 1. The van der Waals surface area contributed by atoms with Gasteiger partial charge in [-0.25, -0.2) is 0 Å². The molecule has 0 fully saturated rings. The van der Waals surface area contributed by atoms with Crippen LogP contribution >= 0.6 is 0 Å². The van der Waals surface area contributed by atoms with Crippen LogP contribution in [-0.4, -0.2) is 42.5 Å². The quantitative estimate of drug-likeness (QED) is 0.704. The van der Waals surface area contributed by atoms with Crippen LogP contribution in [0.15, 0.2) is 34.9 Å². The summed E-state index contributed by atoms with van der Waals surface area (Å²) in [5, 5.41) is 20.2. The van der Waals surface area contributed by atoms with Crippen LogP contribution in [0.1, 0.15) is 30.0 Å². The lowest BCUT2D eigenvalue weighted by molar-refractivity contribution is -0.136. The second-order valence-corrected chi connectivity index (χ2v) is 6.54. The summed E-state index contributed by atoms with van der Waals surface area (Å²) in [4.78, 5) is 13.1. The molecule has 0 unspecified atom stereocenters. The van der Waals surface area contributed by atoms with Crippen LogP contribution in [0.4, 0.5) is 0 Å². The highest BCUT2D eigenvalue weighted by atomic mass is 16.4. The van der Waals surface area contributed by atoms with E-state index in [4.69, 9.17) is 9.52 Å². The van der Waals surface area contributed by atoms with Crippen LogP contribution < -0.4 is 0 Å². The van der Waals surface area contributed by atoms with E-state index in [2.05, 4.69) is 20.2 Å². The number of nitrogens with zero attached hydrogens (tertiary/aromatic N) is 4. The first-order valence-corrected chi connectivity index (χ1v) is 8.75. The second-order valence-electron chi connectivity index (χ2n) is 6.54. The molecule has 0 aliphatic carbocycles. The Morgan fingerprint density at radius 2 is 2.23 bits per heavy atom. The molecule has 0 aromatic carbocycles. The van der Waals surface area contributed by atoms with Crippen molar-refractivity contribution in [2.75, 3.05) is 6.54 Å². The normalized spacial score (nSPS) is 14.9. The number of nitrogens with one attached hydrogen (secondary N) is 1. The van der Waals surface area contributed by atoms with Gasteiger partial charge in [-0.05, 0) is 30.7 Å². The van der Waals surface area contributed by atoms with Crippen LogP contribution in [0.3, 0.4) is 0 Å². The Labute approximate surface area is 150 Å². The highest BCUT2D eigenvalue weighted by molar-refractivity contribution is 5.66. The first-order chi connectivity index (χ1) is 12.7. The van der Waals surface area contributed by atoms with Gasteiger partial charge in [0, 0.05) is 32.3 Å². The van der Waals surface area contributed by atoms with Crippen molar-refractivity contribution in [3.8, 4) is 11.5 Å². The van der Waals surface area contributed by atoms with Crippen molar-refractivity contribution in [1.29, 1.82) is 0 Å². The van der Waals surface area contributed by atoms with Crippen molar-refractivity contribution < 1.29 is 14.3 Å². The number of aromatic amines is 1. The number of H-pyrrole nitrogens is 1. The Bertz CT molecular complexity index is 881. The summed E-state index contributed by atoms with van der Waals surface area (Å²) in [5.74, 6) is 0.905. The summed E-state index contributed by atoms with van der Waals surface area (Å²) in [6, 6.07) is 7.86. The number of hydrogen-bond donors (Lipinski definition) is 2. The smallest absolute Gasteiger partial charge is 0.303 e. The topological polar surface area (TPSA) is 100 Å². The molecule has 0 atom stereocenters. The lowest BCUT2D eigenvalue weighted by Crippen LogP contribution is -2.22. The van der Waals surface area contributed by atoms with Crippen molar-refractivity contribution in [3.63, 3.8) is 0 Å². The number of carboxylic acids is 1. The zero-order valence-corrected chi connectivity index (χ0v) is 14.4. The van der Waals surface area contributed by atoms with E-state index in [0.29, 0.717) is 6.42 Å². The fourth-order valence-corrected chi connectivity index (χ4v) is 3.30. The van der Waals surface area contributed by atoms with Crippen LogP contribution in [0.5, 0.6) is 0 Å². The molecule has 26 heavy (non-hydrogen) atoms. The first kappa shape index (κ1) is 16.6. The van der Waals surface area contributed by atoms with Crippen molar-refractivity contribution in [3.05, 3.63) is 47.6 Å². The van der Waals surface area contributed by atoms with Gasteiger partial charge in [0.05, 0.1) is 24.4 Å². The summed E-state index contributed by atoms with van der Waals surface area (Å²) in [5.41, 5.74) is 2.85. The molecule has 0 radical (unpaired) electrons. The summed E-state index contributed by atoms with van der Waals surface area (Å²) in [6.07, 6.45) is 3.29. The predicted octanol–water partition coefficient (Wildman–Crippen LogP) is 2.29. The summed E-state index contributed by atoms with van der Waals surface area (Å²) in [7, 11) is 0. The van der Waals surface area contributed by atoms with Gasteiger partial charge in [-0.2, -0.15) is 10.2 Å². The Morgan fingerprint density at radius 1 is 1.31 bits per heavy atom. The lowest BCUT2D eigenvalue weighted by Gasteiger charge is -2.17. The van der Waals surface area contributed by atoms with Gasteiger partial charge in [-0.3, -0.25) is 19.5 Å². The zero-order valence-electron chi connectivity index (χ0n) is 14.4. The molecule has 8 heteroatoms. The number of furan rings is 1. The maximum Gasteiger partial charge on any atom is 0.303 e. The Hall–Kier alpha value is -2.87. The van der Waals surface area contributed by atoms with Gasteiger partial charge in [0.15, 0.2) is 5.76 Å². The van der Waals surface area contributed by atoms with Crippen LogP contribution in [0.25, 0.3) is 11.5 Å². The van der Waals surface area contributed by atoms with Crippen LogP contribution in [0.2, 0.25) is 0 Å². The maximum atomic E-state index is 10.8. The Kier molecular flexibility index (Phi) is 4.57. The Morgan fingerprint density at radius 3 is 3.04 bits per heavy atom. The van der Waals surface area contributed by atoms with E-state index in [9.17, 15) is 4.79 Å². The van der Waals surface area contributed by atoms with Gasteiger partial charge in [0.25, 0.3) is 0 Å². The molecule has 1 aliphatic heterocycles. The SMILES string of the molecule is O=C(O)CCc1cc2n(n1)CCCN(Cc1ccc(-c3ccn[nH]3)o1)C2. The predicted molar refractivity (Wildman–Crippen MR) is 93.2 cm³/mol. The minimum atomic E-state index is -0.791. The molecular formula is C18H21N5O3. The summed E-state index contributed by atoms with van der Waals surface area (Å²) < 4.78 is 7.94. The van der Waals surface area contributed by atoms with Gasteiger partial charge in [0.2, 0.25) is 0 Å². The standard InChI is InChI=1S/C18H21N5O3/c24-18(25)5-2-13-10-14-11-22(8-1-9-23(14)21-13)12-15-3-4-17(26-15)16-6-7-19-20-16/h3-4,6-7,10H,1-2,5,8-9,11-12H2,(H,19,20)(H,24,25). The molecule has 8 nitrogen and oxygen atoms in total. The molecule has 0 spiro atoms. The highest BCUT2D eigenvalue weighted by Crippen LogP contribution is 2.22. The van der Waals surface area contributed by atoms with E-state index >= 15 is 0 Å². The number of aryl methyl sites for hydroxylation is 2. The third kappa shape index (κ3) is 3.70. The molecule has 0 bridgehead atoms. The fourth-order valence-electron chi connectivity index (χ4n) is 3.30. The number of carboxylic acid groups (broad SMARTS) is 1. The fraction of sp³-hybridized carbons (Fsp3) is 0.389. The number of hydrogen-bond acceptors (Lipinski definition) is 5. The third-order valence-corrected chi connectivity index (χ3v) is 4.55. The minimum absolute atomic E-state index is 0.114. The highest BCUT2D eigenvalue weighted by Gasteiger charge is 2.18. The molecule has 1 aliphatic rings. The lowest BCUT2D eigenvalue weighted by atomic mass is 10.2. The number of aliphatic carboxylic acids is 1. The van der Waals surface area contributed by atoms with E-state index < -0.39 is 5.97 Å². The average molecular weight is 355 g/mol. The van der Waals surface area contributed by atoms with Crippen LogP contribution in [-0.2, 0) is 30.8 Å². The summed E-state index contributed by atoms with van der Waals surface area (Å²) >= 11 is 0. The molecule has 4 rings (SSSR count). The largest absolute Gasteiger partial charge is 0.481 e. The molecule has 0 saturated carbocycles. The van der Waals surface area contributed by atoms with Crippen molar-refractivity contribution in [1.82, 2.24) is 24.9 Å². The molecular weight excluding hydrogens is 334 g/mol. The van der Waals surface area contributed by atoms with Gasteiger partial charge in [0.1, 0.15) is 11.5 Å². The first-order valence-electron chi connectivity index (χ1n) is 8.75. The minimum Gasteiger partial charge on any atom is -0.481 e. The van der Waals surface area contributed by atoms with E-state index in [1.807, 2.05) is 28.9 Å². The Balaban J connectivity index is 1.43. The van der Waals surface area contributed by atoms with Crippen molar-refractivity contribution in [2.45, 2.75) is 38.9 Å². The van der Waals surface area contributed by atoms with Gasteiger partial charge >= 0.3 is 5.97 Å². The third-order valence-electron chi connectivity index (χ3n) is 4.55. The van der Waals surface area contributed by atoms with Gasteiger partial charge in [-0.1, -0.05) is 0 Å². The number of fused-ring (bicyclic) bond motifs is 1. The average Bonchev–Trinajstić information content (AvgIpc) is 3.33. The monoisotopic (exact) mass is 355 g/mol. The van der Waals surface area contributed by atoms with Gasteiger partial charge in [-0.15, -0.1) is 0 Å². The van der Waals surface area contributed by atoms with Crippen LogP contribution in [0, 0.1) is 0 Å². The maximum absolute atomic E-state index is 10.8. The van der Waals surface area contributed by atoms with Crippen molar-refractivity contribution >= 4 is 5.97 Å². The molecule has 3 aromatic heterocycles. The molecule has 0 amide bonds. The molecule has 4 heterocycles. The summed E-state index contributed by atoms with van der Waals surface area (Å²) in [6.45, 7) is 3.33. The molecule has 136 valence electrons. The number of aromatic nitrogens is 4. The van der Waals surface area contributed by atoms with E-state index in [-0.39, 0.29) is 6.42 Å².